The van der Waals surface area contributed by atoms with E-state index in [1.54, 1.807) is 11.8 Å². The zero-order valence-corrected chi connectivity index (χ0v) is 10.8. The predicted molar refractivity (Wildman–Crippen MR) is 67.3 cm³/mol. The molecule has 15 heavy (non-hydrogen) atoms. The molecule has 0 aromatic carbocycles. The lowest BCUT2D eigenvalue weighted by Crippen LogP contribution is -2.21. The fraction of sp³-hybridized carbons (Fsp3) is 0.583. The van der Waals surface area contributed by atoms with Crippen molar-refractivity contribution in [3.05, 3.63) is 23.4 Å². The lowest BCUT2D eigenvalue weighted by atomic mass is 10.2. The normalized spacial score (nSPS) is 11.0. The average molecular weight is 224 g/mol. The highest BCUT2D eigenvalue weighted by Crippen LogP contribution is 2.19. The third-order valence-corrected chi connectivity index (χ3v) is 3.07. The maximum atomic E-state index is 4.47. The minimum atomic E-state index is 0.523. The Balaban J connectivity index is 2.64. The van der Waals surface area contributed by atoms with E-state index in [-0.39, 0.29) is 0 Å². The van der Waals surface area contributed by atoms with Gasteiger partial charge in [-0.1, -0.05) is 26.8 Å². The Kier molecular flexibility index (Phi) is 5.12. The monoisotopic (exact) mass is 224 g/mol. The van der Waals surface area contributed by atoms with Crippen LogP contribution in [-0.2, 0) is 6.54 Å². The van der Waals surface area contributed by atoms with Crippen molar-refractivity contribution in [1.29, 1.82) is 0 Å². The smallest absolute Gasteiger partial charge is 0.0989 e. The van der Waals surface area contributed by atoms with Gasteiger partial charge in [0.1, 0.15) is 0 Å². The second-order valence-electron chi connectivity index (χ2n) is 3.93. The first kappa shape index (κ1) is 12.5. The highest BCUT2D eigenvalue weighted by molar-refractivity contribution is 7.99. The summed E-state index contributed by atoms with van der Waals surface area (Å²) in [7, 11) is 0. The van der Waals surface area contributed by atoms with Crippen molar-refractivity contribution in [1.82, 2.24) is 10.3 Å². The van der Waals surface area contributed by atoms with Crippen LogP contribution < -0.4 is 5.32 Å². The summed E-state index contributed by atoms with van der Waals surface area (Å²) in [5.41, 5.74) is 2.55. The van der Waals surface area contributed by atoms with Crippen molar-refractivity contribution in [2.24, 2.45) is 0 Å². The number of hydrogen-bond acceptors (Lipinski definition) is 3. The van der Waals surface area contributed by atoms with Crippen molar-refractivity contribution in [2.75, 3.05) is 5.75 Å². The zero-order valence-electron chi connectivity index (χ0n) is 10.0. The molecule has 0 saturated heterocycles. The topological polar surface area (TPSA) is 24.9 Å². The van der Waals surface area contributed by atoms with Crippen LogP contribution in [0, 0.1) is 6.92 Å². The maximum Gasteiger partial charge on any atom is 0.0989 e. The Bertz CT molecular complexity index is 310. The van der Waals surface area contributed by atoms with Crippen LogP contribution >= 0.6 is 11.8 Å². The summed E-state index contributed by atoms with van der Waals surface area (Å²) in [4.78, 5) is 4.47. The molecule has 1 rings (SSSR count). The van der Waals surface area contributed by atoms with Gasteiger partial charge in [-0.3, -0.25) is 0 Å². The molecule has 0 radical (unpaired) electrons. The molecule has 1 aromatic rings. The molecule has 84 valence electrons. The number of nitrogens with one attached hydrogen (secondary N) is 1. The van der Waals surface area contributed by atoms with Gasteiger partial charge in [-0.15, -0.1) is 11.8 Å². The van der Waals surface area contributed by atoms with Crippen molar-refractivity contribution in [3.8, 4) is 0 Å². The van der Waals surface area contributed by atoms with E-state index in [9.17, 15) is 0 Å². The van der Waals surface area contributed by atoms with Crippen molar-refractivity contribution in [3.63, 3.8) is 0 Å². The molecule has 0 bridgehead atoms. The SMILES string of the molecule is CCSc1ncc(CNC(C)C)cc1C. The molecule has 0 aliphatic carbocycles. The first-order chi connectivity index (χ1) is 7.13. The Labute approximate surface area is 96.9 Å². The largest absolute Gasteiger partial charge is 0.310 e. The Morgan fingerprint density at radius 1 is 1.47 bits per heavy atom. The summed E-state index contributed by atoms with van der Waals surface area (Å²) in [6, 6.07) is 2.75. The summed E-state index contributed by atoms with van der Waals surface area (Å²) in [5, 5.41) is 4.55. The van der Waals surface area contributed by atoms with E-state index in [0.29, 0.717) is 6.04 Å². The molecule has 0 aliphatic heterocycles. The highest BCUT2D eigenvalue weighted by atomic mass is 32.2. The first-order valence-electron chi connectivity index (χ1n) is 5.45. The number of nitrogens with zero attached hydrogens (tertiary/aromatic N) is 1. The summed E-state index contributed by atoms with van der Waals surface area (Å²) >= 11 is 1.80. The third kappa shape index (κ3) is 4.22. The van der Waals surface area contributed by atoms with Crippen molar-refractivity contribution >= 4 is 11.8 Å². The van der Waals surface area contributed by atoms with Gasteiger partial charge in [-0.2, -0.15) is 0 Å². The van der Waals surface area contributed by atoms with Crippen LogP contribution in [0.15, 0.2) is 17.3 Å². The molecule has 1 heterocycles. The minimum absolute atomic E-state index is 0.523. The molecular formula is C12H20N2S. The molecule has 0 amide bonds. The van der Waals surface area contributed by atoms with E-state index in [1.165, 1.54) is 11.1 Å². The fourth-order valence-electron chi connectivity index (χ4n) is 1.33. The van der Waals surface area contributed by atoms with Gasteiger partial charge in [0.2, 0.25) is 0 Å². The van der Waals surface area contributed by atoms with Crippen molar-refractivity contribution in [2.45, 2.75) is 45.3 Å². The number of aryl methyl sites for hydroxylation is 1. The molecule has 1 N–H and O–H groups in total. The van der Waals surface area contributed by atoms with Crippen molar-refractivity contribution < 1.29 is 0 Å². The Morgan fingerprint density at radius 2 is 2.20 bits per heavy atom. The lowest BCUT2D eigenvalue weighted by Gasteiger charge is -2.09. The summed E-state index contributed by atoms with van der Waals surface area (Å²) in [6.45, 7) is 9.50. The molecule has 0 fully saturated rings. The van der Waals surface area contributed by atoms with E-state index in [1.807, 2.05) is 6.20 Å². The molecular weight excluding hydrogens is 204 g/mol. The third-order valence-electron chi connectivity index (χ3n) is 2.08. The number of pyridine rings is 1. The zero-order chi connectivity index (χ0) is 11.3. The fourth-order valence-corrected chi connectivity index (χ4v) is 2.01. The van der Waals surface area contributed by atoms with Crippen LogP contribution in [0.25, 0.3) is 0 Å². The average Bonchev–Trinajstić information content (AvgIpc) is 2.19. The number of aromatic nitrogens is 1. The van der Waals surface area contributed by atoms with E-state index < -0.39 is 0 Å². The second kappa shape index (κ2) is 6.13. The van der Waals surface area contributed by atoms with Gasteiger partial charge in [0.25, 0.3) is 0 Å². The van der Waals surface area contributed by atoms with Gasteiger partial charge in [0.05, 0.1) is 5.03 Å². The molecule has 0 saturated carbocycles. The van der Waals surface area contributed by atoms with E-state index >= 15 is 0 Å². The van der Waals surface area contributed by atoms with Crippen LogP contribution in [-0.4, -0.2) is 16.8 Å². The number of hydrogen-bond donors (Lipinski definition) is 1. The molecule has 1 aromatic heterocycles. The highest BCUT2D eigenvalue weighted by Gasteiger charge is 2.02. The van der Waals surface area contributed by atoms with Gasteiger partial charge >= 0.3 is 0 Å². The second-order valence-corrected chi connectivity index (χ2v) is 5.19. The maximum absolute atomic E-state index is 4.47. The summed E-state index contributed by atoms with van der Waals surface area (Å²) in [5.74, 6) is 1.08. The van der Waals surface area contributed by atoms with Crippen LogP contribution in [0.1, 0.15) is 31.9 Å². The molecule has 0 spiro atoms. The number of thioether (sulfide) groups is 1. The van der Waals surface area contributed by atoms with Gasteiger partial charge in [0, 0.05) is 18.8 Å². The van der Waals surface area contributed by atoms with E-state index in [4.69, 9.17) is 0 Å². The van der Waals surface area contributed by atoms with Crippen LogP contribution in [0.3, 0.4) is 0 Å². The molecule has 2 nitrogen and oxygen atoms in total. The Morgan fingerprint density at radius 3 is 2.73 bits per heavy atom. The van der Waals surface area contributed by atoms with Gasteiger partial charge in [-0.25, -0.2) is 4.98 Å². The summed E-state index contributed by atoms with van der Waals surface area (Å²) in [6.07, 6.45) is 1.97. The molecule has 3 heteroatoms. The van der Waals surface area contributed by atoms with Gasteiger partial charge in [-0.05, 0) is 23.8 Å². The van der Waals surface area contributed by atoms with Crippen LogP contribution in [0.5, 0.6) is 0 Å². The van der Waals surface area contributed by atoms with E-state index in [0.717, 1.165) is 17.3 Å². The van der Waals surface area contributed by atoms with Crippen LogP contribution in [0.4, 0.5) is 0 Å². The molecule has 0 aliphatic rings. The Hall–Kier alpha value is -0.540. The minimum Gasteiger partial charge on any atom is -0.310 e. The van der Waals surface area contributed by atoms with Gasteiger partial charge in [0.15, 0.2) is 0 Å². The van der Waals surface area contributed by atoms with E-state index in [2.05, 4.69) is 44.1 Å². The first-order valence-corrected chi connectivity index (χ1v) is 6.43. The van der Waals surface area contributed by atoms with Gasteiger partial charge < -0.3 is 5.32 Å². The quantitative estimate of drug-likeness (QED) is 0.778. The molecule has 0 atom stereocenters. The predicted octanol–water partition coefficient (Wildman–Crippen LogP) is 3.00. The standard InChI is InChI=1S/C12H20N2S/c1-5-15-12-10(4)6-11(8-14-12)7-13-9(2)3/h6,8-9,13H,5,7H2,1-4H3. The van der Waals surface area contributed by atoms with Crippen LogP contribution in [0.2, 0.25) is 0 Å². The summed E-state index contributed by atoms with van der Waals surface area (Å²) < 4.78 is 0. The number of rotatable bonds is 5. The lowest BCUT2D eigenvalue weighted by molar-refractivity contribution is 0.587. The molecule has 0 unspecified atom stereocenters.